The number of hydrogen-bond donors (Lipinski definition) is 0. The van der Waals surface area contributed by atoms with Gasteiger partial charge >= 0.3 is 0 Å². The average molecular weight is 442 g/mol. The standard InChI is InChI=1S/C17H35IO3Si/c1-13(10-15(3)18)16(20-12-19-7)14(2)11-21-22(8,9)17(4,5)6/h10,13-14,16H,11-12H2,1-9H3/b15-10-/t13-,14-,16+/m0/s1. The molecule has 3 nitrogen and oxygen atoms in total. The van der Waals surface area contributed by atoms with Gasteiger partial charge in [0.15, 0.2) is 8.32 Å². The molecule has 0 aliphatic carbocycles. The molecule has 0 N–H and O–H groups in total. The molecule has 0 aliphatic heterocycles. The van der Waals surface area contributed by atoms with Crippen LogP contribution in [0.5, 0.6) is 0 Å². The van der Waals surface area contributed by atoms with Crippen molar-refractivity contribution in [1.29, 1.82) is 0 Å². The Morgan fingerprint density at radius 2 is 1.77 bits per heavy atom. The minimum absolute atomic E-state index is 0.106. The van der Waals surface area contributed by atoms with Crippen molar-refractivity contribution < 1.29 is 13.9 Å². The van der Waals surface area contributed by atoms with Gasteiger partial charge in [-0.25, -0.2) is 0 Å². The second-order valence-electron chi connectivity index (χ2n) is 7.70. The topological polar surface area (TPSA) is 27.7 Å². The predicted molar refractivity (Wildman–Crippen MR) is 106 cm³/mol. The maximum Gasteiger partial charge on any atom is 0.191 e. The Morgan fingerprint density at radius 1 is 1.23 bits per heavy atom. The van der Waals surface area contributed by atoms with Gasteiger partial charge in [0.05, 0.1) is 6.10 Å². The molecule has 0 aromatic heterocycles. The summed E-state index contributed by atoms with van der Waals surface area (Å²) in [5.74, 6) is 0.663. The van der Waals surface area contributed by atoms with E-state index in [0.717, 1.165) is 6.61 Å². The van der Waals surface area contributed by atoms with Crippen LogP contribution >= 0.6 is 22.6 Å². The average Bonchev–Trinajstić information content (AvgIpc) is 2.34. The van der Waals surface area contributed by atoms with Crippen molar-refractivity contribution in [2.45, 2.75) is 65.8 Å². The Balaban J connectivity index is 4.83. The van der Waals surface area contributed by atoms with Gasteiger partial charge in [-0.1, -0.05) is 40.7 Å². The molecule has 22 heavy (non-hydrogen) atoms. The van der Waals surface area contributed by atoms with E-state index in [1.807, 2.05) is 0 Å². The first-order valence-corrected chi connectivity index (χ1v) is 12.0. The smallest absolute Gasteiger partial charge is 0.191 e. The molecule has 0 saturated carbocycles. The molecule has 0 fully saturated rings. The minimum atomic E-state index is -1.72. The van der Waals surface area contributed by atoms with Crippen LogP contribution in [0.1, 0.15) is 41.5 Å². The summed E-state index contributed by atoms with van der Waals surface area (Å²) in [6, 6.07) is 0. The maximum atomic E-state index is 6.37. The SMILES string of the molecule is COCO[C@H]([C@@H](C)/C=C(/C)I)[C@@H](C)CO[Si](C)(C)C(C)(C)C. The third-order valence-corrected chi connectivity index (χ3v) is 9.32. The van der Waals surface area contributed by atoms with E-state index in [1.165, 1.54) is 3.58 Å². The quantitative estimate of drug-likeness (QED) is 0.264. The molecule has 0 spiro atoms. The molecule has 0 amide bonds. The van der Waals surface area contributed by atoms with Crippen LogP contribution in [0.3, 0.4) is 0 Å². The van der Waals surface area contributed by atoms with Crippen molar-refractivity contribution >= 4 is 30.9 Å². The molecule has 0 aliphatic rings. The van der Waals surface area contributed by atoms with Crippen LogP contribution in [0.2, 0.25) is 18.1 Å². The van der Waals surface area contributed by atoms with Crippen LogP contribution in [0.15, 0.2) is 9.66 Å². The van der Waals surface area contributed by atoms with Gasteiger partial charge < -0.3 is 13.9 Å². The lowest BCUT2D eigenvalue weighted by Crippen LogP contribution is -2.43. The molecule has 5 heteroatoms. The fourth-order valence-electron chi connectivity index (χ4n) is 2.09. The molecule has 0 aromatic carbocycles. The number of ether oxygens (including phenoxy) is 2. The van der Waals surface area contributed by atoms with E-state index in [1.54, 1.807) is 7.11 Å². The highest BCUT2D eigenvalue weighted by Crippen LogP contribution is 2.37. The number of allylic oxidation sites excluding steroid dienone is 1. The lowest BCUT2D eigenvalue weighted by molar-refractivity contribution is -0.106. The highest BCUT2D eigenvalue weighted by molar-refractivity contribution is 14.1. The van der Waals surface area contributed by atoms with E-state index >= 15 is 0 Å². The highest BCUT2D eigenvalue weighted by Gasteiger charge is 2.38. The zero-order chi connectivity index (χ0) is 17.6. The monoisotopic (exact) mass is 442 g/mol. The molecule has 0 aromatic rings. The Hall–Kier alpha value is 0.567. The van der Waals surface area contributed by atoms with E-state index in [4.69, 9.17) is 13.9 Å². The lowest BCUT2D eigenvalue weighted by Gasteiger charge is -2.38. The Kier molecular flexibility index (Phi) is 10.0. The van der Waals surface area contributed by atoms with Crippen molar-refractivity contribution in [3.05, 3.63) is 9.66 Å². The summed E-state index contributed by atoms with van der Waals surface area (Å²) >= 11 is 2.35. The Morgan fingerprint density at radius 3 is 2.18 bits per heavy atom. The molecule has 0 saturated heterocycles. The molecule has 3 atom stereocenters. The number of hydrogen-bond acceptors (Lipinski definition) is 3. The van der Waals surface area contributed by atoms with Gasteiger partial charge in [0.2, 0.25) is 0 Å². The first kappa shape index (κ1) is 22.6. The first-order chi connectivity index (χ1) is 9.92. The molecule has 0 rings (SSSR count). The molecular weight excluding hydrogens is 407 g/mol. The maximum absolute atomic E-state index is 6.37. The van der Waals surface area contributed by atoms with E-state index < -0.39 is 8.32 Å². The fourth-order valence-corrected chi connectivity index (χ4v) is 3.77. The third kappa shape index (κ3) is 7.90. The number of halogens is 1. The summed E-state index contributed by atoms with van der Waals surface area (Å²) in [4.78, 5) is 0. The Bertz CT molecular complexity index is 346. The molecule has 132 valence electrons. The molecule has 0 radical (unpaired) electrons. The summed E-state index contributed by atoms with van der Waals surface area (Å²) in [6.07, 6.45) is 2.36. The molecule has 0 heterocycles. The minimum Gasteiger partial charge on any atom is -0.416 e. The van der Waals surface area contributed by atoms with Gasteiger partial charge in [-0.3, -0.25) is 0 Å². The van der Waals surface area contributed by atoms with E-state index in [-0.39, 0.29) is 11.1 Å². The Labute approximate surface area is 152 Å². The zero-order valence-electron chi connectivity index (χ0n) is 15.8. The zero-order valence-corrected chi connectivity index (χ0v) is 19.0. The van der Waals surface area contributed by atoms with Crippen LogP contribution in [0.25, 0.3) is 0 Å². The van der Waals surface area contributed by atoms with Crippen LogP contribution in [-0.2, 0) is 13.9 Å². The van der Waals surface area contributed by atoms with Gasteiger partial charge in [-0.15, -0.1) is 0 Å². The molecule has 0 unspecified atom stereocenters. The first-order valence-electron chi connectivity index (χ1n) is 8.00. The van der Waals surface area contributed by atoms with Crippen LogP contribution in [-0.4, -0.2) is 34.9 Å². The summed E-state index contributed by atoms with van der Waals surface area (Å²) in [5, 5.41) is 0.236. The van der Waals surface area contributed by atoms with Crippen LogP contribution in [0.4, 0.5) is 0 Å². The normalized spacial score (nSPS) is 18.2. The summed E-state index contributed by atoms with van der Waals surface area (Å²) in [6.45, 7) is 19.0. The largest absolute Gasteiger partial charge is 0.416 e. The van der Waals surface area contributed by atoms with E-state index in [2.05, 4.69) is 83.3 Å². The van der Waals surface area contributed by atoms with Gasteiger partial charge in [-0.2, -0.15) is 0 Å². The van der Waals surface area contributed by atoms with Crippen LogP contribution < -0.4 is 0 Å². The van der Waals surface area contributed by atoms with Gasteiger partial charge in [0, 0.05) is 25.6 Å². The number of rotatable bonds is 9. The van der Waals surface area contributed by atoms with E-state index in [9.17, 15) is 0 Å². The van der Waals surface area contributed by atoms with Crippen molar-refractivity contribution in [3.8, 4) is 0 Å². The number of methoxy groups -OCH3 is 1. The van der Waals surface area contributed by atoms with Crippen LogP contribution in [0, 0.1) is 11.8 Å². The van der Waals surface area contributed by atoms with E-state index in [0.29, 0.717) is 18.6 Å². The second-order valence-corrected chi connectivity index (χ2v) is 14.2. The van der Waals surface area contributed by atoms with Gasteiger partial charge in [0.25, 0.3) is 0 Å². The van der Waals surface area contributed by atoms with Gasteiger partial charge in [-0.05, 0) is 51.2 Å². The fraction of sp³-hybridized carbons (Fsp3) is 0.882. The van der Waals surface area contributed by atoms with Gasteiger partial charge in [0.1, 0.15) is 6.79 Å². The molecular formula is C17H35IO3Si. The van der Waals surface area contributed by atoms with Crippen molar-refractivity contribution in [2.24, 2.45) is 11.8 Å². The summed E-state index contributed by atoms with van der Waals surface area (Å²) < 4.78 is 18.7. The molecule has 0 bridgehead atoms. The third-order valence-electron chi connectivity index (χ3n) is 4.46. The lowest BCUT2D eigenvalue weighted by atomic mass is 9.93. The second kappa shape index (κ2) is 9.76. The van der Waals surface area contributed by atoms with Crippen molar-refractivity contribution in [3.63, 3.8) is 0 Å². The van der Waals surface area contributed by atoms with Crippen molar-refractivity contribution in [1.82, 2.24) is 0 Å². The predicted octanol–water partition coefficient (Wildman–Crippen LogP) is 5.61. The van der Waals surface area contributed by atoms with Crippen molar-refractivity contribution in [2.75, 3.05) is 20.5 Å². The highest BCUT2D eigenvalue weighted by atomic mass is 127. The summed E-state index contributed by atoms with van der Waals surface area (Å²) in [7, 11) is -0.0507. The summed E-state index contributed by atoms with van der Waals surface area (Å²) in [5.41, 5.74) is 0.